The van der Waals surface area contributed by atoms with Crippen LogP contribution in [0.2, 0.25) is 0 Å². The van der Waals surface area contributed by atoms with Gasteiger partial charge in [0.05, 0.1) is 6.10 Å². The molecule has 0 N–H and O–H groups in total. The topological polar surface area (TPSA) is 65.5 Å². The second-order valence-corrected chi connectivity index (χ2v) is 5.45. The van der Waals surface area contributed by atoms with E-state index in [-0.39, 0.29) is 6.10 Å². The molecule has 0 radical (unpaired) electrons. The van der Waals surface area contributed by atoms with E-state index in [0.29, 0.717) is 23.8 Å². The lowest BCUT2D eigenvalue weighted by Gasteiger charge is -2.03. The maximum atomic E-state index is 5.59. The van der Waals surface area contributed by atoms with E-state index in [1.165, 1.54) is 5.56 Å². The van der Waals surface area contributed by atoms with Gasteiger partial charge in [-0.3, -0.25) is 0 Å². The van der Waals surface area contributed by atoms with Gasteiger partial charge in [-0.25, -0.2) is 4.98 Å². The molecule has 0 spiro atoms. The van der Waals surface area contributed by atoms with Gasteiger partial charge in [0.25, 0.3) is 5.89 Å². The lowest BCUT2D eigenvalue weighted by atomic mass is 10.2. The molecule has 0 aliphatic carbocycles. The minimum Gasteiger partial charge on any atom is -0.378 e. The molecule has 21 heavy (non-hydrogen) atoms. The summed E-state index contributed by atoms with van der Waals surface area (Å²) >= 11 is 0. The molecule has 3 aromatic rings. The summed E-state index contributed by atoms with van der Waals surface area (Å²) in [6, 6.07) is 4.06. The van der Waals surface area contributed by atoms with E-state index in [1.807, 2.05) is 35.9 Å². The van der Waals surface area contributed by atoms with Crippen molar-refractivity contribution in [3.63, 3.8) is 0 Å². The average Bonchev–Trinajstić information content (AvgIpc) is 3.18. The number of imidazole rings is 1. The van der Waals surface area contributed by atoms with Gasteiger partial charge in [0.15, 0.2) is 5.82 Å². The van der Waals surface area contributed by atoms with Gasteiger partial charge < -0.3 is 13.7 Å². The van der Waals surface area contributed by atoms with E-state index in [2.05, 4.69) is 15.1 Å². The normalized spacial score (nSPS) is 18.6. The number of hydrogen-bond donors (Lipinski definition) is 0. The van der Waals surface area contributed by atoms with Crippen molar-refractivity contribution in [2.45, 2.75) is 32.3 Å². The van der Waals surface area contributed by atoms with Gasteiger partial charge in [0, 0.05) is 25.4 Å². The Hall–Kier alpha value is -2.21. The monoisotopic (exact) mass is 284 g/mol. The molecule has 1 atom stereocenters. The number of aromatic nitrogens is 4. The number of ether oxygens (including phenoxy) is 1. The van der Waals surface area contributed by atoms with Crippen molar-refractivity contribution in [3.05, 3.63) is 35.9 Å². The molecule has 0 unspecified atom stereocenters. The Kier molecular flexibility index (Phi) is 2.96. The van der Waals surface area contributed by atoms with E-state index in [0.717, 1.165) is 25.1 Å². The van der Waals surface area contributed by atoms with Crippen LogP contribution in [0.15, 0.2) is 29.0 Å². The first-order chi connectivity index (χ1) is 10.3. The second-order valence-electron chi connectivity index (χ2n) is 5.45. The summed E-state index contributed by atoms with van der Waals surface area (Å²) in [5.74, 6) is 1.15. The van der Waals surface area contributed by atoms with Gasteiger partial charge in [-0.1, -0.05) is 5.16 Å². The van der Waals surface area contributed by atoms with E-state index in [4.69, 9.17) is 9.26 Å². The largest absolute Gasteiger partial charge is 0.378 e. The molecule has 6 nitrogen and oxygen atoms in total. The van der Waals surface area contributed by atoms with Crippen molar-refractivity contribution in [3.8, 4) is 11.6 Å². The van der Waals surface area contributed by atoms with Gasteiger partial charge in [0.1, 0.15) is 11.3 Å². The van der Waals surface area contributed by atoms with Crippen LogP contribution in [0, 0.1) is 6.92 Å². The van der Waals surface area contributed by atoms with Crippen LogP contribution in [0.25, 0.3) is 17.2 Å². The molecule has 1 aliphatic heterocycles. The molecule has 4 rings (SSSR count). The molecular formula is C15H16N4O2. The van der Waals surface area contributed by atoms with E-state index < -0.39 is 0 Å². The van der Waals surface area contributed by atoms with Crippen molar-refractivity contribution in [2.24, 2.45) is 0 Å². The molecule has 0 bridgehead atoms. The van der Waals surface area contributed by atoms with Gasteiger partial charge in [0.2, 0.25) is 0 Å². The van der Waals surface area contributed by atoms with Crippen molar-refractivity contribution < 1.29 is 9.26 Å². The molecule has 108 valence electrons. The molecule has 4 heterocycles. The third-order valence-corrected chi connectivity index (χ3v) is 3.74. The van der Waals surface area contributed by atoms with E-state index >= 15 is 0 Å². The van der Waals surface area contributed by atoms with Crippen LogP contribution in [-0.2, 0) is 11.2 Å². The van der Waals surface area contributed by atoms with Crippen LogP contribution in [0.5, 0.6) is 0 Å². The fourth-order valence-electron chi connectivity index (χ4n) is 2.64. The highest BCUT2D eigenvalue weighted by Gasteiger charge is 2.20. The van der Waals surface area contributed by atoms with Crippen molar-refractivity contribution in [1.82, 2.24) is 19.5 Å². The predicted octanol–water partition coefficient (Wildman–Crippen LogP) is 2.41. The summed E-state index contributed by atoms with van der Waals surface area (Å²) in [6.45, 7) is 2.88. The quantitative estimate of drug-likeness (QED) is 0.739. The summed E-state index contributed by atoms with van der Waals surface area (Å²) in [6.07, 6.45) is 6.98. The number of rotatable bonds is 3. The lowest BCUT2D eigenvalue weighted by Crippen LogP contribution is -2.09. The van der Waals surface area contributed by atoms with Gasteiger partial charge in [-0.15, -0.1) is 0 Å². The molecule has 3 aromatic heterocycles. The molecule has 0 amide bonds. The molecule has 1 saturated heterocycles. The van der Waals surface area contributed by atoms with Gasteiger partial charge >= 0.3 is 0 Å². The number of fused-ring (bicyclic) bond motifs is 1. The van der Waals surface area contributed by atoms with Gasteiger partial charge in [-0.05, 0) is 37.5 Å². The summed E-state index contributed by atoms with van der Waals surface area (Å²) in [4.78, 5) is 8.95. The Labute approximate surface area is 121 Å². The first kappa shape index (κ1) is 12.5. The van der Waals surface area contributed by atoms with Gasteiger partial charge in [-0.2, -0.15) is 4.98 Å². The molecule has 0 aromatic carbocycles. The highest BCUT2D eigenvalue weighted by Crippen LogP contribution is 2.20. The van der Waals surface area contributed by atoms with Crippen molar-refractivity contribution in [2.75, 3.05) is 6.61 Å². The maximum Gasteiger partial charge on any atom is 0.278 e. The highest BCUT2D eigenvalue weighted by molar-refractivity contribution is 5.54. The third-order valence-electron chi connectivity index (χ3n) is 3.74. The predicted molar refractivity (Wildman–Crippen MR) is 75.9 cm³/mol. The molecule has 1 aliphatic rings. The van der Waals surface area contributed by atoms with Crippen LogP contribution in [-0.4, -0.2) is 32.2 Å². The Bertz CT molecular complexity index is 771. The highest BCUT2D eigenvalue weighted by atomic mass is 16.5. The number of aryl methyl sites for hydroxylation is 1. The third kappa shape index (κ3) is 2.42. The molecule has 6 heteroatoms. The molecular weight excluding hydrogens is 268 g/mol. The zero-order valence-corrected chi connectivity index (χ0v) is 11.8. The summed E-state index contributed by atoms with van der Waals surface area (Å²) in [5, 5.41) is 4.03. The number of nitrogens with zero attached hydrogens (tertiary/aromatic N) is 4. The lowest BCUT2D eigenvalue weighted by molar-refractivity contribution is 0.109. The molecule has 0 saturated carbocycles. The van der Waals surface area contributed by atoms with Crippen molar-refractivity contribution in [1.29, 1.82) is 0 Å². The van der Waals surface area contributed by atoms with Crippen LogP contribution >= 0.6 is 0 Å². The minimum absolute atomic E-state index is 0.221. The Balaban J connectivity index is 1.61. The first-order valence-corrected chi connectivity index (χ1v) is 7.18. The zero-order chi connectivity index (χ0) is 14.2. The Morgan fingerprint density at radius 2 is 2.33 bits per heavy atom. The minimum atomic E-state index is 0.221. The maximum absolute atomic E-state index is 5.59. The zero-order valence-electron chi connectivity index (χ0n) is 11.8. The van der Waals surface area contributed by atoms with Crippen molar-refractivity contribution >= 4 is 5.65 Å². The van der Waals surface area contributed by atoms with Crippen LogP contribution < -0.4 is 0 Å². The SMILES string of the molecule is Cc1ccn2cc(-c3nc(C[C@@H]4CCCO4)no3)nc2c1. The van der Waals surface area contributed by atoms with E-state index in [9.17, 15) is 0 Å². The fraction of sp³-hybridized carbons (Fsp3) is 0.400. The molecule has 1 fully saturated rings. The second kappa shape index (κ2) is 4.96. The van der Waals surface area contributed by atoms with Crippen LogP contribution in [0.1, 0.15) is 24.2 Å². The smallest absolute Gasteiger partial charge is 0.278 e. The summed E-state index contributed by atoms with van der Waals surface area (Å²) in [7, 11) is 0. The Morgan fingerprint density at radius 3 is 3.19 bits per heavy atom. The Morgan fingerprint density at radius 1 is 1.38 bits per heavy atom. The number of hydrogen-bond acceptors (Lipinski definition) is 5. The average molecular weight is 284 g/mol. The summed E-state index contributed by atoms with van der Waals surface area (Å²) < 4.78 is 12.9. The van der Waals surface area contributed by atoms with E-state index in [1.54, 1.807) is 0 Å². The first-order valence-electron chi connectivity index (χ1n) is 7.18. The van der Waals surface area contributed by atoms with Crippen LogP contribution in [0.4, 0.5) is 0 Å². The fourth-order valence-corrected chi connectivity index (χ4v) is 2.64. The number of pyridine rings is 1. The van der Waals surface area contributed by atoms with Crippen LogP contribution in [0.3, 0.4) is 0 Å². The standard InChI is InChI=1S/C15H16N4O2/c1-10-4-5-19-9-12(16-14(19)7-10)15-17-13(18-21-15)8-11-3-2-6-20-11/h4-5,7,9,11H,2-3,6,8H2,1H3/t11-/m0/s1. The summed E-state index contributed by atoms with van der Waals surface area (Å²) in [5.41, 5.74) is 2.75.